The van der Waals surface area contributed by atoms with Crippen LogP contribution in [0.1, 0.15) is 18.5 Å². The molecule has 0 radical (unpaired) electrons. The Morgan fingerprint density at radius 3 is 2.45 bits per heavy atom. The Morgan fingerprint density at radius 2 is 1.91 bits per heavy atom. The maximum Gasteiger partial charge on any atom is 0.0481 e. The van der Waals surface area contributed by atoms with Crippen LogP contribution in [-0.2, 0) is 0 Å². The van der Waals surface area contributed by atoms with E-state index >= 15 is 0 Å². The molecule has 1 nitrogen and oxygen atoms in total. The van der Waals surface area contributed by atoms with Crippen molar-refractivity contribution in [3.63, 3.8) is 0 Å². The topological polar surface area (TPSA) is 26.0 Å². The van der Waals surface area contributed by atoms with Crippen LogP contribution in [0.4, 0.5) is 0 Å². The Balaban J connectivity index is 2.76. The monoisotopic (exact) mass is 147 g/mol. The van der Waals surface area contributed by atoms with Crippen molar-refractivity contribution in [3.05, 3.63) is 48.0 Å². The highest BCUT2D eigenvalue weighted by atomic mass is 14.6. The van der Waals surface area contributed by atoms with E-state index in [2.05, 4.69) is 0 Å². The van der Waals surface area contributed by atoms with Crippen LogP contribution in [0.5, 0.6) is 0 Å². The lowest BCUT2D eigenvalue weighted by Gasteiger charge is -2.04. The standard InChI is InChI=1S/C10H13N/c1-2-6-10(11)9-7-4-3-5-8-9/h2-8,10H,11H2,1H3/b6-2+/t10-/m0/s1. The van der Waals surface area contributed by atoms with E-state index in [4.69, 9.17) is 5.73 Å². The molecule has 0 saturated carbocycles. The third-order valence-electron chi connectivity index (χ3n) is 1.58. The van der Waals surface area contributed by atoms with Gasteiger partial charge in [-0.2, -0.15) is 0 Å². The van der Waals surface area contributed by atoms with Crippen LogP contribution in [0.15, 0.2) is 42.5 Å². The molecule has 0 saturated heterocycles. The predicted octanol–water partition coefficient (Wildman–Crippen LogP) is 2.26. The molecule has 0 heterocycles. The number of benzene rings is 1. The summed E-state index contributed by atoms with van der Waals surface area (Å²) < 4.78 is 0. The largest absolute Gasteiger partial charge is 0.321 e. The summed E-state index contributed by atoms with van der Waals surface area (Å²) in [6, 6.07) is 10.1. The molecule has 0 aliphatic heterocycles. The van der Waals surface area contributed by atoms with Crippen molar-refractivity contribution >= 4 is 0 Å². The first-order valence-corrected chi connectivity index (χ1v) is 3.78. The SMILES string of the molecule is C/C=C/[C@H](N)c1ccccc1. The molecule has 0 aliphatic carbocycles. The maximum absolute atomic E-state index is 5.82. The van der Waals surface area contributed by atoms with E-state index in [-0.39, 0.29) is 6.04 Å². The van der Waals surface area contributed by atoms with E-state index in [1.54, 1.807) is 0 Å². The number of allylic oxidation sites excluding steroid dienone is 1. The molecule has 0 bridgehead atoms. The number of hydrogen-bond donors (Lipinski definition) is 1. The molecule has 1 aromatic carbocycles. The molecule has 2 N–H and O–H groups in total. The highest BCUT2D eigenvalue weighted by Gasteiger charge is 1.97. The van der Waals surface area contributed by atoms with Gasteiger partial charge >= 0.3 is 0 Å². The van der Waals surface area contributed by atoms with Gasteiger partial charge in [-0.15, -0.1) is 0 Å². The zero-order valence-electron chi connectivity index (χ0n) is 6.70. The quantitative estimate of drug-likeness (QED) is 0.638. The van der Waals surface area contributed by atoms with Gasteiger partial charge in [0.15, 0.2) is 0 Å². The molecule has 0 aliphatic rings. The van der Waals surface area contributed by atoms with E-state index in [0.29, 0.717) is 0 Å². The lowest BCUT2D eigenvalue weighted by Crippen LogP contribution is -2.05. The van der Waals surface area contributed by atoms with E-state index in [0.717, 1.165) is 5.56 Å². The number of rotatable bonds is 2. The van der Waals surface area contributed by atoms with Crippen LogP contribution in [0.3, 0.4) is 0 Å². The molecule has 0 spiro atoms. The predicted molar refractivity (Wildman–Crippen MR) is 48.2 cm³/mol. The fourth-order valence-corrected chi connectivity index (χ4v) is 0.994. The second-order valence-electron chi connectivity index (χ2n) is 2.46. The van der Waals surface area contributed by atoms with Crippen LogP contribution < -0.4 is 5.73 Å². The van der Waals surface area contributed by atoms with Gasteiger partial charge in [0.2, 0.25) is 0 Å². The van der Waals surface area contributed by atoms with Gasteiger partial charge in [0.25, 0.3) is 0 Å². The smallest absolute Gasteiger partial charge is 0.0481 e. The molecular formula is C10H13N. The summed E-state index contributed by atoms with van der Waals surface area (Å²) in [6.07, 6.45) is 3.95. The van der Waals surface area contributed by atoms with Gasteiger partial charge in [0, 0.05) is 6.04 Å². The van der Waals surface area contributed by atoms with Gasteiger partial charge in [-0.25, -0.2) is 0 Å². The first-order chi connectivity index (χ1) is 5.34. The fraction of sp³-hybridized carbons (Fsp3) is 0.200. The molecular weight excluding hydrogens is 134 g/mol. The molecule has 0 fully saturated rings. The summed E-state index contributed by atoms with van der Waals surface area (Å²) in [4.78, 5) is 0. The Labute approximate surface area is 67.5 Å². The van der Waals surface area contributed by atoms with Gasteiger partial charge in [-0.05, 0) is 12.5 Å². The molecule has 1 rings (SSSR count). The molecule has 1 heteroatoms. The van der Waals surface area contributed by atoms with Crippen molar-refractivity contribution in [2.75, 3.05) is 0 Å². The first kappa shape index (κ1) is 8.02. The average molecular weight is 147 g/mol. The van der Waals surface area contributed by atoms with Crippen LogP contribution in [0.25, 0.3) is 0 Å². The Bertz CT molecular complexity index is 226. The summed E-state index contributed by atoms with van der Waals surface area (Å²) in [5, 5.41) is 0. The average Bonchev–Trinajstić information content (AvgIpc) is 2.07. The highest BCUT2D eigenvalue weighted by Crippen LogP contribution is 2.09. The van der Waals surface area contributed by atoms with E-state index in [1.165, 1.54) is 0 Å². The number of hydrogen-bond acceptors (Lipinski definition) is 1. The molecule has 11 heavy (non-hydrogen) atoms. The Kier molecular flexibility index (Phi) is 2.87. The second-order valence-corrected chi connectivity index (χ2v) is 2.46. The van der Waals surface area contributed by atoms with Crippen LogP contribution >= 0.6 is 0 Å². The Morgan fingerprint density at radius 1 is 1.27 bits per heavy atom. The van der Waals surface area contributed by atoms with Gasteiger partial charge in [0.05, 0.1) is 0 Å². The van der Waals surface area contributed by atoms with E-state index in [9.17, 15) is 0 Å². The third-order valence-corrected chi connectivity index (χ3v) is 1.58. The molecule has 0 aromatic heterocycles. The molecule has 0 unspecified atom stereocenters. The van der Waals surface area contributed by atoms with Crippen molar-refractivity contribution < 1.29 is 0 Å². The van der Waals surface area contributed by atoms with Crippen molar-refractivity contribution in [3.8, 4) is 0 Å². The van der Waals surface area contributed by atoms with Gasteiger partial charge in [0.1, 0.15) is 0 Å². The van der Waals surface area contributed by atoms with Crippen LogP contribution in [0.2, 0.25) is 0 Å². The third kappa shape index (κ3) is 2.20. The second kappa shape index (κ2) is 3.94. The summed E-state index contributed by atoms with van der Waals surface area (Å²) >= 11 is 0. The first-order valence-electron chi connectivity index (χ1n) is 3.78. The zero-order chi connectivity index (χ0) is 8.10. The Hall–Kier alpha value is -1.08. The lowest BCUT2D eigenvalue weighted by molar-refractivity contribution is 0.909. The molecule has 0 amide bonds. The number of nitrogens with two attached hydrogens (primary N) is 1. The van der Waals surface area contributed by atoms with Gasteiger partial charge < -0.3 is 5.73 Å². The maximum atomic E-state index is 5.82. The minimum Gasteiger partial charge on any atom is -0.321 e. The van der Waals surface area contributed by atoms with E-state index < -0.39 is 0 Å². The summed E-state index contributed by atoms with van der Waals surface area (Å²) in [5.74, 6) is 0. The fourth-order valence-electron chi connectivity index (χ4n) is 0.994. The minimum atomic E-state index is 0.0428. The summed E-state index contributed by atoms with van der Waals surface area (Å²) in [7, 11) is 0. The molecule has 1 aromatic rings. The van der Waals surface area contributed by atoms with Crippen molar-refractivity contribution in [1.82, 2.24) is 0 Å². The van der Waals surface area contributed by atoms with Gasteiger partial charge in [-0.3, -0.25) is 0 Å². The van der Waals surface area contributed by atoms with E-state index in [1.807, 2.05) is 49.4 Å². The zero-order valence-corrected chi connectivity index (χ0v) is 6.70. The lowest BCUT2D eigenvalue weighted by atomic mass is 10.1. The van der Waals surface area contributed by atoms with Crippen LogP contribution in [-0.4, -0.2) is 0 Å². The highest BCUT2D eigenvalue weighted by molar-refractivity contribution is 5.21. The summed E-state index contributed by atoms with van der Waals surface area (Å²) in [6.45, 7) is 1.98. The van der Waals surface area contributed by atoms with Crippen LogP contribution in [0, 0.1) is 0 Å². The van der Waals surface area contributed by atoms with Crippen molar-refractivity contribution in [1.29, 1.82) is 0 Å². The normalized spacial score (nSPS) is 13.6. The van der Waals surface area contributed by atoms with Gasteiger partial charge in [-0.1, -0.05) is 42.5 Å². The molecule has 1 atom stereocenters. The van der Waals surface area contributed by atoms with Crippen molar-refractivity contribution in [2.24, 2.45) is 5.73 Å². The molecule has 58 valence electrons. The van der Waals surface area contributed by atoms with Crippen molar-refractivity contribution in [2.45, 2.75) is 13.0 Å². The minimum absolute atomic E-state index is 0.0428. The summed E-state index contributed by atoms with van der Waals surface area (Å²) in [5.41, 5.74) is 6.98.